The first-order chi connectivity index (χ1) is 11.6. The summed E-state index contributed by atoms with van der Waals surface area (Å²) in [4.78, 5) is 26.1. The molecule has 3 aromatic rings. The monoisotopic (exact) mass is 329 g/mol. The second-order valence-corrected chi connectivity index (χ2v) is 5.63. The summed E-state index contributed by atoms with van der Waals surface area (Å²) in [6.07, 6.45) is 0. The second-order valence-electron chi connectivity index (χ2n) is 5.63. The third-order valence-corrected chi connectivity index (χ3v) is 4.07. The number of hydrogen-bond donors (Lipinski definition) is 1. The zero-order valence-electron chi connectivity index (χ0n) is 13.1. The van der Waals surface area contributed by atoms with Gasteiger partial charge in [0, 0.05) is 18.8 Å². The van der Waals surface area contributed by atoms with E-state index in [-0.39, 0.29) is 16.9 Å². The lowest BCUT2D eigenvalue weighted by molar-refractivity contribution is 0.122. The predicted octanol–water partition coefficient (Wildman–Crippen LogP) is 1.39. The smallest absolute Gasteiger partial charge is 0.280 e. The molecule has 1 saturated heterocycles. The molecule has 1 aliphatic rings. The summed E-state index contributed by atoms with van der Waals surface area (Å²) in [5, 5.41) is 0. The maximum absolute atomic E-state index is 13.2. The molecule has 1 aromatic carbocycles. The van der Waals surface area contributed by atoms with Crippen LogP contribution in [0.25, 0.3) is 16.9 Å². The first kappa shape index (κ1) is 14.8. The SMILES string of the molecule is Cc1nc2c(=O)[nH]c(N3CCOCC3)nc2n1-c1ccc(F)cc1. The molecule has 0 amide bonds. The van der Waals surface area contributed by atoms with Gasteiger partial charge in [0.15, 0.2) is 11.2 Å². The van der Waals surface area contributed by atoms with Gasteiger partial charge in [-0.3, -0.25) is 14.3 Å². The molecule has 1 aliphatic heterocycles. The van der Waals surface area contributed by atoms with E-state index >= 15 is 0 Å². The minimum absolute atomic E-state index is 0.272. The highest BCUT2D eigenvalue weighted by molar-refractivity contribution is 5.74. The molecule has 0 radical (unpaired) electrons. The zero-order valence-corrected chi connectivity index (χ0v) is 13.1. The van der Waals surface area contributed by atoms with Crippen molar-refractivity contribution in [1.29, 1.82) is 0 Å². The number of ether oxygens (including phenoxy) is 1. The Morgan fingerprint density at radius 3 is 2.58 bits per heavy atom. The van der Waals surface area contributed by atoms with Crippen molar-refractivity contribution >= 4 is 17.1 Å². The van der Waals surface area contributed by atoms with Crippen molar-refractivity contribution in [3.8, 4) is 5.69 Å². The highest BCUT2D eigenvalue weighted by Gasteiger charge is 2.19. The molecule has 1 fully saturated rings. The molecule has 7 nitrogen and oxygen atoms in total. The van der Waals surface area contributed by atoms with Gasteiger partial charge in [-0.25, -0.2) is 9.37 Å². The topological polar surface area (TPSA) is 76.0 Å². The number of fused-ring (bicyclic) bond motifs is 1. The van der Waals surface area contributed by atoms with E-state index in [2.05, 4.69) is 15.0 Å². The quantitative estimate of drug-likeness (QED) is 0.769. The Morgan fingerprint density at radius 1 is 1.17 bits per heavy atom. The van der Waals surface area contributed by atoms with Gasteiger partial charge in [0.1, 0.15) is 11.6 Å². The molecule has 0 spiro atoms. The van der Waals surface area contributed by atoms with Gasteiger partial charge in [0.25, 0.3) is 5.56 Å². The highest BCUT2D eigenvalue weighted by Crippen LogP contribution is 2.20. The van der Waals surface area contributed by atoms with Crippen LogP contribution in [0.1, 0.15) is 5.82 Å². The first-order valence-corrected chi connectivity index (χ1v) is 7.71. The van der Waals surface area contributed by atoms with Gasteiger partial charge in [-0.05, 0) is 31.2 Å². The van der Waals surface area contributed by atoms with Crippen molar-refractivity contribution in [3.63, 3.8) is 0 Å². The largest absolute Gasteiger partial charge is 0.378 e. The molecular formula is C16H16FN5O2. The number of aryl methyl sites for hydroxylation is 1. The lowest BCUT2D eigenvalue weighted by Crippen LogP contribution is -2.38. The average Bonchev–Trinajstić information content (AvgIpc) is 2.93. The van der Waals surface area contributed by atoms with Crippen LogP contribution in [-0.4, -0.2) is 45.8 Å². The summed E-state index contributed by atoms with van der Waals surface area (Å²) < 4.78 is 20.3. The van der Waals surface area contributed by atoms with Gasteiger partial charge in [-0.15, -0.1) is 0 Å². The Hall–Kier alpha value is -2.74. The van der Waals surface area contributed by atoms with Crippen LogP contribution in [0, 0.1) is 12.7 Å². The van der Waals surface area contributed by atoms with Gasteiger partial charge in [0.2, 0.25) is 5.95 Å². The fourth-order valence-electron chi connectivity index (χ4n) is 2.89. The summed E-state index contributed by atoms with van der Waals surface area (Å²) in [7, 11) is 0. The Labute approximate surface area is 136 Å². The van der Waals surface area contributed by atoms with E-state index in [0.717, 1.165) is 0 Å². The normalized spacial score (nSPS) is 15.2. The van der Waals surface area contributed by atoms with E-state index in [1.54, 1.807) is 23.6 Å². The minimum atomic E-state index is -0.319. The lowest BCUT2D eigenvalue weighted by atomic mass is 10.3. The van der Waals surface area contributed by atoms with E-state index in [1.165, 1.54) is 12.1 Å². The van der Waals surface area contributed by atoms with Gasteiger partial charge in [-0.2, -0.15) is 4.98 Å². The second kappa shape index (κ2) is 5.72. The zero-order chi connectivity index (χ0) is 16.7. The number of hydrogen-bond acceptors (Lipinski definition) is 5. The number of aromatic amines is 1. The third kappa shape index (κ3) is 2.44. The molecule has 8 heteroatoms. The fourth-order valence-corrected chi connectivity index (χ4v) is 2.89. The summed E-state index contributed by atoms with van der Waals surface area (Å²) in [6, 6.07) is 6.02. The van der Waals surface area contributed by atoms with Gasteiger partial charge in [0.05, 0.1) is 13.2 Å². The average molecular weight is 329 g/mol. The van der Waals surface area contributed by atoms with Crippen LogP contribution in [0.4, 0.5) is 10.3 Å². The van der Waals surface area contributed by atoms with Crippen LogP contribution in [0.5, 0.6) is 0 Å². The minimum Gasteiger partial charge on any atom is -0.378 e. The standard InChI is InChI=1S/C16H16FN5O2/c1-10-18-13-14(22(10)12-4-2-11(17)3-5-12)19-16(20-15(13)23)21-6-8-24-9-7-21/h2-5H,6-9H2,1H3,(H,19,20,23). The van der Waals surface area contributed by atoms with Crippen molar-refractivity contribution < 1.29 is 9.13 Å². The van der Waals surface area contributed by atoms with E-state index < -0.39 is 0 Å². The van der Waals surface area contributed by atoms with Crippen molar-refractivity contribution in [2.45, 2.75) is 6.92 Å². The van der Waals surface area contributed by atoms with Crippen LogP contribution < -0.4 is 10.5 Å². The van der Waals surface area contributed by atoms with Gasteiger partial charge >= 0.3 is 0 Å². The van der Waals surface area contributed by atoms with Crippen molar-refractivity contribution in [3.05, 3.63) is 46.3 Å². The number of aromatic nitrogens is 4. The number of benzene rings is 1. The number of rotatable bonds is 2. The van der Waals surface area contributed by atoms with Crippen LogP contribution in [-0.2, 0) is 4.74 Å². The molecule has 0 saturated carbocycles. The molecule has 24 heavy (non-hydrogen) atoms. The third-order valence-electron chi connectivity index (χ3n) is 4.07. The molecule has 0 aliphatic carbocycles. The van der Waals surface area contributed by atoms with Crippen LogP contribution in [0.15, 0.2) is 29.1 Å². The molecule has 124 valence electrons. The van der Waals surface area contributed by atoms with Crippen molar-refractivity contribution in [1.82, 2.24) is 19.5 Å². The Morgan fingerprint density at radius 2 is 1.88 bits per heavy atom. The summed E-state index contributed by atoms with van der Waals surface area (Å²) in [5.41, 5.74) is 1.16. The Kier molecular flexibility index (Phi) is 3.53. The summed E-state index contributed by atoms with van der Waals surface area (Å²) in [5.74, 6) is 0.799. The number of H-pyrrole nitrogens is 1. The van der Waals surface area contributed by atoms with E-state index in [1.807, 2.05) is 4.90 Å². The van der Waals surface area contributed by atoms with Gasteiger partial charge < -0.3 is 9.64 Å². The molecule has 0 atom stereocenters. The number of nitrogens with one attached hydrogen (secondary N) is 1. The van der Waals surface area contributed by atoms with E-state index in [0.29, 0.717) is 49.4 Å². The molecule has 2 aromatic heterocycles. The van der Waals surface area contributed by atoms with Crippen LogP contribution in [0.2, 0.25) is 0 Å². The number of anilines is 1. The number of nitrogens with zero attached hydrogens (tertiary/aromatic N) is 4. The number of halogens is 1. The maximum atomic E-state index is 13.2. The summed E-state index contributed by atoms with van der Waals surface area (Å²) in [6.45, 7) is 4.31. The highest BCUT2D eigenvalue weighted by atomic mass is 19.1. The van der Waals surface area contributed by atoms with Crippen molar-refractivity contribution in [2.75, 3.05) is 31.2 Å². The molecule has 0 bridgehead atoms. The summed E-state index contributed by atoms with van der Waals surface area (Å²) >= 11 is 0. The van der Waals surface area contributed by atoms with Gasteiger partial charge in [-0.1, -0.05) is 0 Å². The van der Waals surface area contributed by atoms with E-state index in [9.17, 15) is 9.18 Å². The molecule has 0 unspecified atom stereocenters. The molecular weight excluding hydrogens is 313 g/mol. The Bertz CT molecular complexity index is 941. The predicted molar refractivity (Wildman–Crippen MR) is 87.2 cm³/mol. The van der Waals surface area contributed by atoms with Crippen LogP contribution in [0.3, 0.4) is 0 Å². The number of imidazole rings is 1. The van der Waals surface area contributed by atoms with E-state index in [4.69, 9.17) is 4.74 Å². The lowest BCUT2D eigenvalue weighted by Gasteiger charge is -2.27. The number of morpholine rings is 1. The van der Waals surface area contributed by atoms with Crippen molar-refractivity contribution in [2.24, 2.45) is 0 Å². The molecule has 3 heterocycles. The maximum Gasteiger partial charge on any atom is 0.280 e. The Balaban J connectivity index is 1.90. The molecule has 4 rings (SSSR count). The van der Waals surface area contributed by atoms with Crippen LogP contribution >= 0.6 is 0 Å². The fraction of sp³-hybridized carbons (Fsp3) is 0.312. The first-order valence-electron chi connectivity index (χ1n) is 7.71. The molecule has 1 N–H and O–H groups in total.